The molecule has 5 nitrogen and oxygen atoms in total. The molecule has 5 heterocycles. The fraction of sp³-hybridized carbons (Fsp3) is 0.273. The Balaban J connectivity index is 1.41. The second-order valence-electron chi connectivity index (χ2n) is 7.55. The second-order valence-corrected chi connectivity index (χ2v) is 7.55. The Morgan fingerprint density at radius 2 is 2.00 bits per heavy atom. The SMILES string of the molecule is c1ccc(CN2C3CCC2c2cnc4cc(-c5ccco5)nn4c2C3)cc1. The van der Waals surface area contributed by atoms with Gasteiger partial charge in [0.15, 0.2) is 11.4 Å². The molecule has 0 aliphatic carbocycles. The van der Waals surface area contributed by atoms with E-state index in [9.17, 15) is 0 Å². The monoisotopic (exact) mass is 356 g/mol. The highest BCUT2D eigenvalue weighted by molar-refractivity contribution is 5.59. The number of aromatic nitrogens is 3. The minimum absolute atomic E-state index is 0.437. The third kappa shape index (κ3) is 2.35. The van der Waals surface area contributed by atoms with Gasteiger partial charge in [-0.3, -0.25) is 4.90 Å². The van der Waals surface area contributed by atoms with Crippen molar-refractivity contribution in [2.75, 3.05) is 0 Å². The van der Waals surface area contributed by atoms with E-state index in [1.165, 1.54) is 29.7 Å². The van der Waals surface area contributed by atoms with Gasteiger partial charge in [0.1, 0.15) is 5.69 Å². The zero-order valence-corrected chi connectivity index (χ0v) is 15.0. The Morgan fingerprint density at radius 3 is 2.85 bits per heavy atom. The van der Waals surface area contributed by atoms with Crippen molar-refractivity contribution in [1.29, 1.82) is 0 Å². The summed E-state index contributed by atoms with van der Waals surface area (Å²) in [5.74, 6) is 0.790. The average Bonchev–Trinajstić information content (AvgIpc) is 3.41. The Bertz CT molecular complexity index is 1100. The van der Waals surface area contributed by atoms with Gasteiger partial charge in [-0.25, -0.2) is 9.50 Å². The summed E-state index contributed by atoms with van der Waals surface area (Å²) in [5.41, 5.74) is 5.78. The summed E-state index contributed by atoms with van der Waals surface area (Å²) in [6, 6.07) is 17.6. The predicted octanol–water partition coefficient (Wildman–Crippen LogP) is 4.25. The van der Waals surface area contributed by atoms with Gasteiger partial charge in [-0.1, -0.05) is 30.3 Å². The van der Waals surface area contributed by atoms with Gasteiger partial charge in [0.05, 0.1) is 12.0 Å². The van der Waals surface area contributed by atoms with Gasteiger partial charge in [0.2, 0.25) is 0 Å². The number of hydrogen-bond acceptors (Lipinski definition) is 4. The van der Waals surface area contributed by atoms with Crippen LogP contribution in [-0.2, 0) is 13.0 Å². The topological polar surface area (TPSA) is 46.6 Å². The van der Waals surface area contributed by atoms with E-state index in [1.54, 1.807) is 6.26 Å². The zero-order valence-electron chi connectivity index (χ0n) is 15.0. The molecule has 3 aromatic heterocycles. The number of furan rings is 1. The van der Waals surface area contributed by atoms with Crippen molar-refractivity contribution in [3.8, 4) is 11.5 Å². The maximum absolute atomic E-state index is 5.52. The molecule has 1 saturated heterocycles. The van der Waals surface area contributed by atoms with Gasteiger partial charge in [-0.15, -0.1) is 0 Å². The van der Waals surface area contributed by atoms with E-state index in [0.717, 1.165) is 30.1 Å². The van der Waals surface area contributed by atoms with Crippen molar-refractivity contribution in [3.05, 3.63) is 77.8 Å². The highest BCUT2D eigenvalue weighted by atomic mass is 16.3. The molecule has 2 aliphatic rings. The summed E-state index contributed by atoms with van der Waals surface area (Å²) in [4.78, 5) is 7.37. The fourth-order valence-electron chi connectivity index (χ4n) is 4.77. The number of benzene rings is 1. The summed E-state index contributed by atoms with van der Waals surface area (Å²) < 4.78 is 7.56. The molecule has 0 amide bonds. The van der Waals surface area contributed by atoms with Crippen molar-refractivity contribution in [1.82, 2.24) is 19.5 Å². The number of hydrogen-bond donors (Lipinski definition) is 0. The van der Waals surface area contributed by atoms with Crippen LogP contribution in [0.5, 0.6) is 0 Å². The molecule has 1 fully saturated rings. The van der Waals surface area contributed by atoms with Crippen molar-refractivity contribution in [3.63, 3.8) is 0 Å². The molecule has 0 spiro atoms. The lowest BCUT2D eigenvalue weighted by molar-refractivity contribution is 0.165. The summed E-state index contributed by atoms with van der Waals surface area (Å²) in [7, 11) is 0. The van der Waals surface area contributed by atoms with E-state index >= 15 is 0 Å². The van der Waals surface area contributed by atoms with Gasteiger partial charge in [0.25, 0.3) is 0 Å². The summed E-state index contributed by atoms with van der Waals surface area (Å²) >= 11 is 0. The van der Waals surface area contributed by atoms with Crippen molar-refractivity contribution in [2.45, 2.75) is 37.9 Å². The minimum Gasteiger partial charge on any atom is -0.463 e. The van der Waals surface area contributed by atoms with Crippen LogP contribution in [0.1, 0.15) is 35.7 Å². The lowest BCUT2D eigenvalue weighted by Crippen LogP contribution is -2.38. The molecule has 6 rings (SSSR count). The molecule has 2 bridgehead atoms. The average molecular weight is 356 g/mol. The zero-order chi connectivity index (χ0) is 17.8. The molecule has 0 N–H and O–H groups in total. The van der Waals surface area contributed by atoms with E-state index < -0.39 is 0 Å². The first-order valence-corrected chi connectivity index (χ1v) is 9.58. The summed E-state index contributed by atoms with van der Waals surface area (Å²) in [6.07, 6.45) is 7.22. The molecule has 0 saturated carbocycles. The van der Waals surface area contributed by atoms with E-state index in [2.05, 4.69) is 41.4 Å². The van der Waals surface area contributed by atoms with Crippen LogP contribution in [0.15, 0.2) is 65.4 Å². The molecular formula is C22H20N4O. The molecule has 27 heavy (non-hydrogen) atoms. The maximum Gasteiger partial charge on any atom is 0.155 e. The van der Waals surface area contributed by atoms with Crippen LogP contribution in [0.4, 0.5) is 0 Å². The molecule has 2 aliphatic heterocycles. The van der Waals surface area contributed by atoms with Crippen LogP contribution in [0, 0.1) is 0 Å². The van der Waals surface area contributed by atoms with Crippen LogP contribution < -0.4 is 0 Å². The van der Waals surface area contributed by atoms with Gasteiger partial charge in [0, 0.05) is 42.9 Å². The van der Waals surface area contributed by atoms with Crippen molar-refractivity contribution >= 4 is 5.65 Å². The first kappa shape index (κ1) is 15.2. The largest absolute Gasteiger partial charge is 0.463 e. The lowest BCUT2D eigenvalue weighted by atomic mass is 9.98. The number of rotatable bonds is 3. The third-order valence-corrected chi connectivity index (χ3v) is 6.03. The van der Waals surface area contributed by atoms with E-state index in [-0.39, 0.29) is 0 Å². The first-order chi connectivity index (χ1) is 13.4. The van der Waals surface area contributed by atoms with Gasteiger partial charge in [-0.05, 0) is 30.5 Å². The molecule has 2 atom stereocenters. The van der Waals surface area contributed by atoms with Crippen LogP contribution in [0.25, 0.3) is 17.1 Å². The normalized spacial score (nSPS) is 21.6. The van der Waals surface area contributed by atoms with Crippen LogP contribution in [-0.4, -0.2) is 25.5 Å². The Hall–Kier alpha value is -2.92. The van der Waals surface area contributed by atoms with Crippen LogP contribution in [0.2, 0.25) is 0 Å². The first-order valence-electron chi connectivity index (χ1n) is 9.58. The van der Waals surface area contributed by atoms with E-state index in [4.69, 9.17) is 14.5 Å². The van der Waals surface area contributed by atoms with E-state index in [1.807, 2.05) is 22.7 Å². The van der Waals surface area contributed by atoms with E-state index in [0.29, 0.717) is 12.1 Å². The van der Waals surface area contributed by atoms with Gasteiger partial charge in [-0.2, -0.15) is 5.10 Å². The molecule has 134 valence electrons. The fourth-order valence-corrected chi connectivity index (χ4v) is 4.77. The summed E-state index contributed by atoms with van der Waals surface area (Å²) in [5, 5.41) is 4.82. The van der Waals surface area contributed by atoms with Crippen molar-refractivity contribution < 1.29 is 4.42 Å². The summed E-state index contributed by atoms with van der Waals surface area (Å²) in [6.45, 7) is 1.00. The standard InChI is InChI=1S/C22H20N4O/c1-2-5-15(6-3-1)14-25-16-8-9-19(25)17-13-23-22-12-18(21-7-4-10-27-21)24-26(22)20(17)11-16/h1-7,10,12-13,16,19H,8-9,11,14H2. The molecule has 2 unspecified atom stereocenters. The highest BCUT2D eigenvalue weighted by Gasteiger charge is 2.41. The molecule has 0 radical (unpaired) electrons. The quantitative estimate of drug-likeness (QED) is 0.550. The lowest BCUT2D eigenvalue weighted by Gasteiger charge is -2.36. The molecule has 1 aromatic carbocycles. The Labute approximate surface area is 157 Å². The van der Waals surface area contributed by atoms with Crippen molar-refractivity contribution in [2.24, 2.45) is 0 Å². The number of fused-ring (bicyclic) bond motifs is 6. The minimum atomic E-state index is 0.437. The Kier molecular flexibility index (Phi) is 3.25. The second kappa shape index (κ2) is 5.79. The predicted molar refractivity (Wildman–Crippen MR) is 102 cm³/mol. The Morgan fingerprint density at radius 1 is 1.07 bits per heavy atom. The van der Waals surface area contributed by atoms with Crippen LogP contribution >= 0.6 is 0 Å². The third-order valence-electron chi connectivity index (χ3n) is 6.03. The van der Waals surface area contributed by atoms with Gasteiger partial charge >= 0.3 is 0 Å². The molecule has 5 heteroatoms. The number of nitrogens with zero attached hydrogens (tertiary/aromatic N) is 4. The smallest absolute Gasteiger partial charge is 0.155 e. The molecular weight excluding hydrogens is 336 g/mol. The van der Waals surface area contributed by atoms with Crippen LogP contribution in [0.3, 0.4) is 0 Å². The highest BCUT2D eigenvalue weighted by Crippen LogP contribution is 2.44. The van der Waals surface area contributed by atoms with Gasteiger partial charge < -0.3 is 4.42 Å². The maximum atomic E-state index is 5.52. The molecule has 4 aromatic rings.